The van der Waals surface area contributed by atoms with E-state index in [-0.39, 0.29) is 5.91 Å². The van der Waals surface area contributed by atoms with Crippen LogP contribution in [-0.4, -0.2) is 28.7 Å². The van der Waals surface area contributed by atoms with Crippen molar-refractivity contribution in [3.8, 4) is 0 Å². The molecule has 2 aliphatic rings. The van der Waals surface area contributed by atoms with E-state index in [2.05, 4.69) is 20.8 Å². The highest BCUT2D eigenvalue weighted by molar-refractivity contribution is 7.17. The smallest absolute Gasteiger partial charge is 0.282 e. The Morgan fingerprint density at radius 3 is 2.56 bits per heavy atom. The van der Waals surface area contributed by atoms with Crippen molar-refractivity contribution in [3.05, 3.63) is 5.01 Å². The van der Waals surface area contributed by atoms with Crippen LogP contribution >= 0.6 is 11.3 Å². The summed E-state index contributed by atoms with van der Waals surface area (Å²) in [5, 5.41) is 15.3. The molecule has 0 saturated heterocycles. The van der Waals surface area contributed by atoms with E-state index >= 15 is 0 Å². The summed E-state index contributed by atoms with van der Waals surface area (Å²) in [5.41, 5.74) is 0. The quantitative estimate of drug-likeness (QED) is 0.825. The number of carbonyl (C=O) groups excluding carboxylic acids is 1. The largest absolute Gasteiger partial charge is 0.360 e. The van der Waals surface area contributed by atoms with Crippen LogP contribution in [0.25, 0.3) is 0 Å². The topological polar surface area (TPSA) is 66.9 Å². The van der Waals surface area contributed by atoms with Gasteiger partial charge in [0.15, 0.2) is 0 Å². The fourth-order valence-electron chi connectivity index (χ4n) is 2.28. The van der Waals surface area contributed by atoms with Gasteiger partial charge < -0.3 is 10.6 Å². The second-order valence-corrected chi connectivity index (χ2v) is 6.09. The van der Waals surface area contributed by atoms with Crippen LogP contribution in [-0.2, 0) is 0 Å². The second kappa shape index (κ2) is 4.84. The maximum absolute atomic E-state index is 12.1. The summed E-state index contributed by atoms with van der Waals surface area (Å²) in [6, 6.07) is 0.379. The fourth-order valence-corrected chi connectivity index (χ4v) is 3.00. The van der Waals surface area contributed by atoms with E-state index in [9.17, 15) is 4.79 Å². The van der Waals surface area contributed by atoms with Crippen molar-refractivity contribution in [2.24, 2.45) is 11.8 Å². The van der Waals surface area contributed by atoms with Gasteiger partial charge in [-0.25, -0.2) is 0 Å². The monoisotopic (exact) mass is 266 g/mol. The van der Waals surface area contributed by atoms with Crippen LogP contribution < -0.4 is 10.6 Å². The minimum atomic E-state index is -0.0551. The first-order valence-corrected chi connectivity index (χ1v) is 7.48. The highest BCUT2D eigenvalue weighted by Crippen LogP contribution is 2.44. The first-order valence-electron chi connectivity index (χ1n) is 6.66. The third-order valence-electron chi connectivity index (χ3n) is 3.50. The summed E-state index contributed by atoms with van der Waals surface area (Å²) in [6.45, 7) is 2.79. The average Bonchev–Trinajstić information content (AvgIpc) is 3.26. The van der Waals surface area contributed by atoms with E-state index in [1.165, 1.54) is 37.0 Å². The van der Waals surface area contributed by atoms with Crippen LogP contribution in [0.4, 0.5) is 5.13 Å². The van der Waals surface area contributed by atoms with E-state index in [0.29, 0.717) is 22.9 Å². The van der Waals surface area contributed by atoms with Gasteiger partial charge in [0.1, 0.15) is 0 Å². The summed E-state index contributed by atoms with van der Waals surface area (Å²) in [7, 11) is 0. The Balaban J connectivity index is 1.61. The molecule has 2 aliphatic carbocycles. The zero-order valence-electron chi connectivity index (χ0n) is 10.5. The molecule has 0 aliphatic heterocycles. The van der Waals surface area contributed by atoms with Gasteiger partial charge in [-0.05, 0) is 44.4 Å². The van der Waals surface area contributed by atoms with Gasteiger partial charge in [-0.1, -0.05) is 11.3 Å². The number of carbonyl (C=O) groups is 1. The number of nitrogens with one attached hydrogen (secondary N) is 2. The molecule has 0 bridgehead atoms. The molecular formula is C12H18N4OS. The first-order chi connectivity index (χ1) is 8.78. The normalized spacial score (nSPS) is 19.0. The van der Waals surface area contributed by atoms with Crippen molar-refractivity contribution < 1.29 is 4.79 Å². The second-order valence-electron chi connectivity index (χ2n) is 5.12. The molecule has 1 aromatic rings. The van der Waals surface area contributed by atoms with Gasteiger partial charge in [0.25, 0.3) is 5.91 Å². The molecule has 2 fully saturated rings. The fraction of sp³-hybridized carbons (Fsp3) is 0.750. The van der Waals surface area contributed by atoms with Crippen molar-refractivity contribution in [2.45, 2.75) is 38.6 Å². The van der Waals surface area contributed by atoms with Crippen LogP contribution in [0.1, 0.15) is 42.4 Å². The van der Waals surface area contributed by atoms with Crippen LogP contribution in [0, 0.1) is 11.8 Å². The Labute approximate surface area is 110 Å². The van der Waals surface area contributed by atoms with E-state index in [1.54, 1.807) is 0 Å². The summed E-state index contributed by atoms with van der Waals surface area (Å²) in [6.07, 6.45) is 5.06. The first kappa shape index (κ1) is 11.9. The van der Waals surface area contributed by atoms with Crippen LogP contribution in [0.5, 0.6) is 0 Å². The summed E-state index contributed by atoms with van der Waals surface area (Å²) in [4.78, 5) is 12.1. The van der Waals surface area contributed by atoms with Crippen LogP contribution in [0.15, 0.2) is 0 Å². The lowest BCUT2D eigenvalue weighted by molar-refractivity contribution is 0.0925. The van der Waals surface area contributed by atoms with Gasteiger partial charge in [-0.2, -0.15) is 0 Å². The molecule has 2 N–H and O–H groups in total. The lowest BCUT2D eigenvalue weighted by Crippen LogP contribution is -2.38. The lowest BCUT2D eigenvalue weighted by atomic mass is 10.1. The molecule has 5 nitrogen and oxygen atoms in total. The molecule has 0 spiro atoms. The third kappa shape index (κ3) is 2.63. The highest BCUT2D eigenvalue weighted by Gasteiger charge is 2.42. The summed E-state index contributed by atoms with van der Waals surface area (Å²) < 4.78 is 0. The molecule has 98 valence electrons. The molecule has 18 heavy (non-hydrogen) atoms. The molecule has 0 atom stereocenters. The highest BCUT2D eigenvalue weighted by atomic mass is 32.1. The molecule has 0 radical (unpaired) electrons. The van der Waals surface area contributed by atoms with Crippen LogP contribution in [0.3, 0.4) is 0 Å². The van der Waals surface area contributed by atoms with E-state index < -0.39 is 0 Å². The Hall–Kier alpha value is -1.17. The molecule has 1 aromatic heterocycles. The number of hydrogen-bond acceptors (Lipinski definition) is 5. The van der Waals surface area contributed by atoms with Gasteiger partial charge in [-0.3, -0.25) is 4.79 Å². The minimum Gasteiger partial charge on any atom is -0.360 e. The summed E-state index contributed by atoms with van der Waals surface area (Å²) in [5.74, 6) is 1.37. The van der Waals surface area contributed by atoms with E-state index in [0.717, 1.165) is 11.7 Å². The maximum atomic E-state index is 12.1. The number of rotatable bonds is 6. The molecule has 0 unspecified atom stereocenters. The Bertz CT molecular complexity index is 427. The third-order valence-corrected chi connectivity index (χ3v) is 4.38. The van der Waals surface area contributed by atoms with Crippen molar-refractivity contribution in [1.82, 2.24) is 15.5 Å². The van der Waals surface area contributed by atoms with E-state index in [1.807, 2.05) is 6.92 Å². The van der Waals surface area contributed by atoms with Gasteiger partial charge >= 0.3 is 0 Å². The lowest BCUT2D eigenvalue weighted by Gasteiger charge is -2.16. The molecule has 2 saturated carbocycles. The number of aromatic nitrogens is 2. The van der Waals surface area contributed by atoms with Crippen molar-refractivity contribution in [3.63, 3.8) is 0 Å². The number of amides is 1. The molecule has 1 heterocycles. The van der Waals surface area contributed by atoms with Gasteiger partial charge in [0.2, 0.25) is 10.1 Å². The van der Waals surface area contributed by atoms with E-state index in [4.69, 9.17) is 0 Å². The average molecular weight is 266 g/mol. The number of anilines is 1. The predicted octanol–water partition coefficient (Wildman–Crippen LogP) is 1.89. The number of nitrogens with zero attached hydrogens (tertiary/aromatic N) is 2. The molecule has 1 amide bonds. The Morgan fingerprint density at radius 2 is 2.00 bits per heavy atom. The number of hydrogen-bond donors (Lipinski definition) is 2. The SMILES string of the molecule is CCNc1nnc(C(=O)NC(C2CC2)C2CC2)s1. The zero-order chi connectivity index (χ0) is 12.5. The van der Waals surface area contributed by atoms with Gasteiger partial charge in [-0.15, -0.1) is 10.2 Å². The van der Waals surface area contributed by atoms with Crippen molar-refractivity contribution in [2.75, 3.05) is 11.9 Å². The predicted molar refractivity (Wildman–Crippen MR) is 70.8 cm³/mol. The van der Waals surface area contributed by atoms with Crippen molar-refractivity contribution >= 4 is 22.4 Å². The zero-order valence-corrected chi connectivity index (χ0v) is 11.3. The maximum Gasteiger partial charge on any atom is 0.282 e. The van der Waals surface area contributed by atoms with Gasteiger partial charge in [0, 0.05) is 12.6 Å². The molecular weight excluding hydrogens is 248 g/mol. The van der Waals surface area contributed by atoms with Crippen molar-refractivity contribution in [1.29, 1.82) is 0 Å². The van der Waals surface area contributed by atoms with Crippen LogP contribution in [0.2, 0.25) is 0 Å². The summed E-state index contributed by atoms with van der Waals surface area (Å²) >= 11 is 1.33. The van der Waals surface area contributed by atoms with Gasteiger partial charge in [0.05, 0.1) is 0 Å². The molecule has 3 rings (SSSR count). The minimum absolute atomic E-state index is 0.0551. The Kier molecular flexibility index (Phi) is 3.20. The molecule has 6 heteroatoms. The standard InChI is InChI=1S/C12H18N4OS/c1-2-13-12-16-15-11(18-12)10(17)14-9(7-3-4-7)8-5-6-8/h7-9H,2-6H2,1H3,(H,13,16)(H,14,17). The molecule has 0 aromatic carbocycles. The Morgan fingerprint density at radius 1 is 1.33 bits per heavy atom.